The van der Waals surface area contributed by atoms with E-state index in [1.807, 2.05) is 48.5 Å². The van der Waals surface area contributed by atoms with Crippen molar-refractivity contribution in [3.63, 3.8) is 0 Å². The number of aromatic nitrogens is 1. The Balaban J connectivity index is 1.35. The van der Waals surface area contributed by atoms with Gasteiger partial charge in [0, 0.05) is 21.5 Å². The molecule has 0 spiro atoms. The van der Waals surface area contributed by atoms with Gasteiger partial charge in [0.05, 0.1) is 23.9 Å². The van der Waals surface area contributed by atoms with Crippen molar-refractivity contribution in [2.24, 2.45) is 0 Å². The molecule has 5 rings (SSSR count). The summed E-state index contributed by atoms with van der Waals surface area (Å²) < 4.78 is 35.6. The fraction of sp³-hybridized carbons (Fsp3) is 0.100. The van der Waals surface area contributed by atoms with Gasteiger partial charge >= 0.3 is 5.97 Å². The van der Waals surface area contributed by atoms with Gasteiger partial charge in [0.1, 0.15) is 5.75 Å². The van der Waals surface area contributed by atoms with E-state index in [2.05, 4.69) is 5.32 Å². The average Bonchev–Trinajstić information content (AvgIpc) is 2.95. The van der Waals surface area contributed by atoms with Crippen LogP contribution in [0.5, 0.6) is 5.75 Å². The Bertz CT molecular complexity index is 1680. The van der Waals surface area contributed by atoms with Gasteiger partial charge in [-0.1, -0.05) is 48.2 Å². The number of thioether (sulfide) groups is 1. The van der Waals surface area contributed by atoms with Gasteiger partial charge in [-0.2, -0.15) is 8.78 Å². The van der Waals surface area contributed by atoms with Gasteiger partial charge in [-0.25, -0.2) is 9.78 Å². The van der Waals surface area contributed by atoms with Crippen LogP contribution in [0.15, 0.2) is 95.9 Å². The number of pyridine rings is 1. The molecule has 0 radical (unpaired) electrons. The quantitative estimate of drug-likeness (QED) is 0.165. The van der Waals surface area contributed by atoms with Crippen LogP contribution in [0.2, 0.25) is 0 Å². The van der Waals surface area contributed by atoms with Crippen molar-refractivity contribution in [3.05, 3.63) is 96.6 Å². The predicted molar refractivity (Wildman–Crippen MR) is 148 cm³/mol. The fourth-order valence-electron chi connectivity index (χ4n) is 4.13. The molecule has 9 heteroatoms. The Kier molecular flexibility index (Phi) is 7.69. The largest absolute Gasteiger partial charge is 0.497 e. The molecule has 1 aromatic heterocycles. The molecule has 0 saturated heterocycles. The molecule has 0 saturated carbocycles. The summed E-state index contributed by atoms with van der Waals surface area (Å²) >= 11 is 0.414. The Morgan fingerprint density at radius 1 is 0.923 bits per heavy atom. The third-order valence-electron chi connectivity index (χ3n) is 5.98. The maximum absolute atomic E-state index is 13.1. The van der Waals surface area contributed by atoms with Crippen LogP contribution >= 0.6 is 11.8 Å². The summed E-state index contributed by atoms with van der Waals surface area (Å²) in [5.41, 5.74) is 2.71. The van der Waals surface area contributed by atoms with Crippen molar-refractivity contribution < 1.29 is 27.8 Å². The van der Waals surface area contributed by atoms with E-state index in [1.54, 1.807) is 25.3 Å². The zero-order valence-corrected chi connectivity index (χ0v) is 21.5. The van der Waals surface area contributed by atoms with E-state index >= 15 is 0 Å². The third kappa shape index (κ3) is 6.15. The molecular weight excluding hydrogens is 522 g/mol. The predicted octanol–water partition coefficient (Wildman–Crippen LogP) is 7.17. The summed E-state index contributed by atoms with van der Waals surface area (Å²) in [6.45, 7) is -0.518. The Morgan fingerprint density at radius 2 is 1.67 bits per heavy atom. The van der Waals surface area contributed by atoms with Crippen molar-refractivity contribution >= 4 is 51.0 Å². The van der Waals surface area contributed by atoms with Gasteiger partial charge < -0.3 is 14.8 Å². The summed E-state index contributed by atoms with van der Waals surface area (Å²) in [7, 11) is 1.62. The second-order valence-electron chi connectivity index (χ2n) is 8.53. The number of carbonyl (C=O) groups is 2. The minimum atomic E-state index is -2.53. The first-order chi connectivity index (χ1) is 18.9. The molecule has 39 heavy (non-hydrogen) atoms. The average molecular weight is 545 g/mol. The van der Waals surface area contributed by atoms with E-state index in [9.17, 15) is 18.4 Å². The summed E-state index contributed by atoms with van der Waals surface area (Å²) in [6.07, 6.45) is 0. The van der Waals surface area contributed by atoms with Crippen LogP contribution in [-0.2, 0) is 9.53 Å². The normalized spacial score (nSPS) is 11.1. The maximum atomic E-state index is 13.1. The van der Waals surface area contributed by atoms with E-state index < -0.39 is 24.2 Å². The van der Waals surface area contributed by atoms with Gasteiger partial charge in [0.25, 0.3) is 11.7 Å². The molecule has 6 nitrogen and oxygen atoms in total. The van der Waals surface area contributed by atoms with Crippen LogP contribution in [0.4, 0.5) is 14.5 Å². The topological polar surface area (TPSA) is 77.5 Å². The smallest absolute Gasteiger partial charge is 0.339 e. The number of carbonyl (C=O) groups excluding carboxylic acids is 2. The highest BCUT2D eigenvalue weighted by atomic mass is 32.2. The number of ether oxygens (including phenoxy) is 2. The number of anilines is 1. The zero-order chi connectivity index (χ0) is 27.4. The van der Waals surface area contributed by atoms with Crippen LogP contribution in [0.3, 0.4) is 0 Å². The second-order valence-corrected chi connectivity index (χ2v) is 9.59. The number of nitrogens with zero attached hydrogens (tertiary/aromatic N) is 1. The molecule has 0 atom stereocenters. The number of nitrogens with one attached hydrogen (secondary N) is 1. The summed E-state index contributed by atoms with van der Waals surface area (Å²) in [5, 5.41) is 5.19. The zero-order valence-electron chi connectivity index (χ0n) is 20.7. The molecular formula is C30H22F2N2O4S. The molecule has 196 valence electrons. The van der Waals surface area contributed by atoms with Crippen molar-refractivity contribution in [3.8, 4) is 17.0 Å². The first-order valence-electron chi connectivity index (χ1n) is 11.9. The molecule has 0 aliphatic carbocycles. The minimum Gasteiger partial charge on any atom is -0.497 e. The highest BCUT2D eigenvalue weighted by Crippen LogP contribution is 2.30. The number of benzene rings is 4. The molecule has 4 aromatic carbocycles. The number of halogens is 2. The van der Waals surface area contributed by atoms with Gasteiger partial charge in [-0.3, -0.25) is 4.79 Å². The maximum Gasteiger partial charge on any atom is 0.339 e. The van der Waals surface area contributed by atoms with E-state index in [1.165, 1.54) is 24.3 Å². The molecule has 5 aromatic rings. The van der Waals surface area contributed by atoms with Crippen molar-refractivity contribution in [2.45, 2.75) is 10.7 Å². The number of hydrogen-bond acceptors (Lipinski definition) is 6. The number of amides is 1. The Hall–Kier alpha value is -4.50. The van der Waals surface area contributed by atoms with Crippen LogP contribution in [0.1, 0.15) is 10.4 Å². The number of para-hydroxylation sites is 1. The van der Waals surface area contributed by atoms with E-state index in [0.29, 0.717) is 38.9 Å². The van der Waals surface area contributed by atoms with Crippen molar-refractivity contribution in [2.75, 3.05) is 19.0 Å². The van der Waals surface area contributed by atoms with Crippen LogP contribution < -0.4 is 10.1 Å². The third-order valence-corrected chi connectivity index (χ3v) is 6.70. The first kappa shape index (κ1) is 26.1. The van der Waals surface area contributed by atoms with Gasteiger partial charge in [-0.05, 0) is 65.4 Å². The monoisotopic (exact) mass is 544 g/mol. The second kappa shape index (κ2) is 11.5. The molecule has 0 bridgehead atoms. The lowest BCUT2D eigenvalue weighted by Crippen LogP contribution is -2.21. The highest BCUT2D eigenvalue weighted by Gasteiger charge is 2.17. The number of esters is 1. The Morgan fingerprint density at radius 3 is 2.44 bits per heavy atom. The van der Waals surface area contributed by atoms with E-state index in [0.717, 1.165) is 22.1 Å². The van der Waals surface area contributed by atoms with Crippen LogP contribution in [0.25, 0.3) is 32.9 Å². The molecule has 0 aliphatic rings. The van der Waals surface area contributed by atoms with Crippen LogP contribution in [0, 0.1) is 0 Å². The number of hydrogen-bond donors (Lipinski definition) is 1. The molecule has 1 amide bonds. The number of fused-ring (bicyclic) bond motifs is 2. The fourth-order valence-corrected chi connectivity index (χ4v) is 4.63. The Labute approximate surface area is 227 Å². The van der Waals surface area contributed by atoms with E-state index in [-0.39, 0.29) is 5.56 Å². The van der Waals surface area contributed by atoms with Gasteiger partial charge in [0.2, 0.25) is 0 Å². The summed E-state index contributed by atoms with van der Waals surface area (Å²) in [6, 6.07) is 26.5. The van der Waals surface area contributed by atoms with Gasteiger partial charge in [-0.15, -0.1) is 0 Å². The number of rotatable bonds is 8. The number of alkyl halides is 2. The molecule has 0 unspecified atom stereocenters. The summed E-state index contributed by atoms with van der Waals surface area (Å²) in [4.78, 5) is 30.6. The van der Waals surface area contributed by atoms with Gasteiger partial charge in [0.15, 0.2) is 6.61 Å². The van der Waals surface area contributed by atoms with Crippen molar-refractivity contribution in [1.82, 2.24) is 4.98 Å². The van der Waals surface area contributed by atoms with Crippen LogP contribution in [-0.4, -0.2) is 36.3 Å². The molecule has 0 aliphatic heterocycles. The molecule has 0 fully saturated rings. The molecule has 1 N–H and O–H groups in total. The lowest BCUT2D eigenvalue weighted by Gasteiger charge is -2.11. The standard InChI is InChI=1S/C30H22F2N2O4S/c1-37-22-11-8-18-14-20(7-6-19(18)15-22)27-16-25(24-4-2-3-5-26(24)34-27)29(36)38-17-28(35)33-21-9-12-23(13-10-21)39-30(31)32/h2-16,30H,17H2,1H3,(H,33,35). The SMILES string of the molecule is COc1ccc2cc(-c3cc(C(=O)OCC(=O)Nc4ccc(SC(F)F)cc4)c4ccccc4n3)ccc2c1. The number of methoxy groups -OCH3 is 1. The lowest BCUT2D eigenvalue weighted by atomic mass is 10.0. The lowest BCUT2D eigenvalue weighted by molar-refractivity contribution is -0.119. The minimum absolute atomic E-state index is 0.284. The summed E-state index contributed by atoms with van der Waals surface area (Å²) in [5.74, 6) is -2.99. The van der Waals surface area contributed by atoms with E-state index in [4.69, 9.17) is 14.5 Å². The first-order valence-corrected chi connectivity index (χ1v) is 12.8. The van der Waals surface area contributed by atoms with Crippen molar-refractivity contribution in [1.29, 1.82) is 0 Å². The highest BCUT2D eigenvalue weighted by molar-refractivity contribution is 7.99. The molecule has 1 heterocycles.